The monoisotopic (exact) mass is 348 g/mol. The second-order valence-electron chi connectivity index (χ2n) is 6.01. The molecule has 6 heteroatoms. The third kappa shape index (κ3) is 3.85. The van der Waals surface area contributed by atoms with Crippen LogP contribution in [0.15, 0.2) is 54.6 Å². The molecule has 1 aliphatic rings. The highest BCUT2D eigenvalue weighted by atomic mass is 19.4. The van der Waals surface area contributed by atoms with Crippen LogP contribution in [0.2, 0.25) is 0 Å². The molecule has 0 aliphatic carbocycles. The Labute approximate surface area is 144 Å². The molecule has 2 aromatic rings. The summed E-state index contributed by atoms with van der Waals surface area (Å²) in [6.07, 6.45) is -1.80. The van der Waals surface area contributed by atoms with E-state index in [0.29, 0.717) is 18.7 Å². The van der Waals surface area contributed by atoms with Crippen LogP contribution in [0.25, 0.3) is 0 Å². The average molecular weight is 348 g/mol. The number of amides is 1. The van der Waals surface area contributed by atoms with Crippen LogP contribution < -0.4 is 5.01 Å². The fourth-order valence-corrected chi connectivity index (χ4v) is 3.07. The summed E-state index contributed by atoms with van der Waals surface area (Å²) in [7, 11) is 0. The van der Waals surface area contributed by atoms with Crippen molar-refractivity contribution in [1.29, 1.82) is 0 Å². The van der Waals surface area contributed by atoms with E-state index >= 15 is 0 Å². The van der Waals surface area contributed by atoms with Gasteiger partial charge in [0.05, 0.1) is 11.3 Å². The predicted molar refractivity (Wildman–Crippen MR) is 90.1 cm³/mol. The van der Waals surface area contributed by atoms with E-state index in [4.69, 9.17) is 0 Å². The number of piperidine rings is 1. The summed E-state index contributed by atoms with van der Waals surface area (Å²) in [6, 6.07) is 13.7. The Bertz CT molecular complexity index is 725. The van der Waals surface area contributed by atoms with Crippen LogP contribution in [0, 0.1) is 0 Å². The Morgan fingerprint density at radius 1 is 0.880 bits per heavy atom. The van der Waals surface area contributed by atoms with Gasteiger partial charge in [-0.3, -0.25) is 4.79 Å². The van der Waals surface area contributed by atoms with Crippen LogP contribution in [0.3, 0.4) is 0 Å². The maximum absolute atomic E-state index is 13.5. The summed E-state index contributed by atoms with van der Waals surface area (Å²) in [4.78, 5) is 13.0. The van der Waals surface area contributed by atoms with E-state index in [1.165, 1.54) is 23.2 Å². The van der Waals surface area contributed by atoms with Gasteiger partial charge in [-0.05, 0) is 37.1 Å². The molecular weight excluding hydrogens is 329 g/mol. The first-order valence-corrected chi connectivity index (χ1v) is 8.29. The van der Waals surface area contributed by atoms with E-state index in [1.807, 2.05) is 0 Å². The summed E-state index contributed by atoms with van der Waals surface area (Å²) in [6.45, 7) is 1.12. The minimum absolute atomic E-state index is 0.120. The molecule has 0 radical (unpaired) electrons. The first-order valence-electron chi connectivity index (χ1n) is 8.29. The van der Waals surface area contributed by atoms with E-state index in [0.717, 1.165) is 25.3 Å². The van der Waals surface area contributed by atoms with Crippen molar-refractivity contribution in [3.63, 3.8) is 0 Å². The largest absolute Gasteiger partial charge is 0.418 e. The molecule has 25 heavy (non-hydrogen) atoms. The number of hydrogen-bond donors (Lipinski definition) is 0. The van der Waals surface area contributed by atoms with Gasteiger partial charge in [0, 0.05) is 18.7 Å². The van der Waals surface area contributed by atoms with Crippen LogP contribution in [0.5, 0.6) is 0 Å². The van der Waals surface area contributed by atoms with Crippen molar-refractivity contribution in [2.24, 2.45) is 0 Å². The molecule has 1 aliphatic heterocycles. The third-order valence-corrected chi connectivity index (χ3v) is 4.27. The fourth-order valence-electron chi connectivity index (χ4n) is 3.07. The number of para-hydroxylation sites is 1. The van der Waals surface area contributed by atoms with Crippen LogP contribution in [-0.2, 0) is 6.18 Å². The number of hydrazine groups is 1. The number of hydrogen-bond acceptors (Lipinski definition) is 2. The lowest BCUT2D eigenvalue weighted by Crippen LogP contribution is -2.50. The van der Waals surface area contributed by atoms with E-state index in [1.54, 1.807) is 35.3 Å². The molecule has 3 nitrogen and oxygen atoms in total. The number of halogens is 3. The van der Waals surface area contributed by atoms with Crippen molar-refractivity contribution >= 4 is 11.6 Å². The molecule has 0 N–H and O–H groups in total. The smallest absolute Gasteiger partial charge is 0.267 e. The molecule has 0 atom stereocenters. The van der Waals surface area contributed by atoms with E-state index in [-0.39, 0.29) is 5.69 Å². The number of nitrogens with zero attached hydrogens (tertiary/aromatic N) is 2. The van der Waals surface area contributed by atoms with Crippen LogP contribution >= 0.6 is 0 Å². The first kappa shape index (κ1) is 17.5. The zero-order valence-electron chi connectivity index (χ0n) is 13.7. The van der Waals surface area contributed by atoms with Crippen molar-refractivity contribution in [3.05, 3.63) is 65.7 Å². The van der Waals surface area contributed by atoms with Gasteiger partial charge in [0.15, 0.2) is 0 Å². The Morgan fingerprint density at radius 2 is 1.48 bits per heavy atom. The maximum atomic E-state index is 13.5. The molecule has 1 saturated heterocycles. The summed E-state index contributed by atoms with van der Waals surface area (Å²) in [5.74, 6) is -0.445. The first-order chi connectivity index (χ1) is 12.0. The fraction of sp³-hybridized carbons (Fsp3) is 0.316. The standard InChI is InChI=1S/C19H19F3N2O/c20-19(21,22)16-11-5-6-12-17(16)24(23-13-7-2-8-14-23)18(25)15-9-3-1-4-10-15/h1,3-6,9-12H,2,7-8,13-14H2. The Kier molecular flexibility index (Phi) is 5.08. The van der Waals surface area contributed by atoms with Gasteiger partial charge in [-0.1, -0.05) is 36.8 Å². The minimum atomic E-state index is -4.53. The maximum Gasteiger partial charge on any atom is 0.418 e. The Hall–Kier alpha value is -2.34. The SMILES string of the molecule is O=C(c1ccccc1)N(c1ccccc1C(F)(F)F)N1CCCCC1. The zero-order valence-corrected chi connectivity index (χ0v) is 13.7. The summed E-state index contributed by atoms with van der Waals surface area (Å²) < 4.78 is 40.5. The highest BCUT2D eigenvalue weighted by molar-refractivity contribution is 6.05. The van der Waals surface area contributed by atoms with Crippen molar-refractivity contribution in [3.8, 4) is 0 Å². The molecular formula is C19H19F3N2O. The molecule has 1 amide bonds. The lowest BCUT2D eigenvalue weighted by molar-refractivity contribution is -0.137. The van der Waals surface area contributed by atoms with E-state index in [9.17, 15) is 18.0 Å². The molecule has 0 unspecified atom stereocenters. The Morgan fingerprint density at radius 3 is 2.12 bits per heavy atom. The van der Waals surface area contributed by atoms with Crippen molar-refractivity contribution < 1.29 is 18.0 Å². The Balaban J connectivity index is 2.08. The van der Waals surface area contributed by atoms with Crippen molar-refractivity contribution in [2.45, 2.75) is 25.4 Å². The molecule has 0 saturated carbocycles. The van der Waals surface area contributed by atoms with Gasteiger partial charge < -0.3 is 0 Å². The van der Waals surface area contributed by atoms with Crippen LogP contribution in [0.1, 0.15) is 35.2 Å². The molecule has 1 fully saturated rings. The van der Waals surface area contributed by atoms with Gasteiger partial charge in [-0.25, -0.2) is 10.0 Å². The highest BCUT2D eigenvalue weighted by Gasteiger charge is 2.37. The van der Waals surface area contributed by atoms with Gasteiger partial charge in [-0.2, -0.15) is 13.2 Å². The zero-order chi connectivity index (χ0) is 17.9. The second-order valence-corrected chi connectivity index (χ2v) is 6.01. The molecule has 132 valence electrons. The summed E-state index contributed by atoms with van der Waals surface area (Å²) in [5.41, 5.74) is -0.555. The van der Waals surface area contributed by atoms with Crippen LogP contribution in [0.4, 0.5) is 18.9 Å². The normalized spacial score (nSPS) is 15.8. The molecule has 1 heterocycles. The summed E-state index contributed by atoms with van der Waals surface area (Å²) in [5, 5.41) is 2.93. The van der Waals surface area contributed by atoms with Crippen molar-refractivity contribution in [1.82, 2.24) is 5.01 Å². The lowest BCUT2D eigenvalue weighted by Gasteiger charge is -2.38. The van der Waals surface area contributed by atoms with Crippen molar-refractivity contribution in [2.75, 3.05) is 18.1 Å². The van der Waals surface area contributed by atoms with Gasteiger partial charge in [-0.15, -0.1) is 0 Å². The van der Waals surface area contributed by atoms with Gasteiger partial charge >= 0.3 is 6.18 Å². The minimum Gasteiger partial charge on any atom is -0.267 e. The molecule has 0 spiro atoms. The molecule has 0 aromatic heterocycles. The van der Waals surface area contributed by atoms with Gasteiger partial charge in [0.25, 0.3) is 5.91 Å². The number of rotatable bonds is 3. The van der Waals surface area contributed by atoms with Gasteiger partial charge in [0.1, 0.15) is 0 Å². The topological polar surface area (TPSA) is 23.6 Å². The third-order valence-electron chi connectivity index (χ3n) is 4.27. The number of carbonyl (C=O) groups is 1. The highest BCUT2D eigenvalue weighted by Crippen LogP contribution is 2.38. The molecule has 2 aromatic carbocycles. The molecule has 3 rings (SSSR count). The number of carbonyl (C=O) groups excluding carboxylic acids is 1. The average Bonchev–Trinajstić information content (AvgIpc) is 2.63. The lowest BCUT2D eigenvalue weighted by atomic mass is 10.1. The predicted octanol–water partition coefficient (Wildman–Crippen LogP) is 4.75. The molecule has 0 bridgehead atoms. The van der Waals surface area contributed by atoms with Gasteiger partial charge in [0.2, 0.25) is 0 Å². The number of benzene rings is 2. The summed E-state index contributed by atoms with van der Waals surface area (Å²) >= 11 is 0. The van der Waals surface area contributed by atoms with E-state index in [2.05, 4.69) is 0 Å². The second kappa shape index (κ2) is 7.27. The number of alkyl halides is 3. The quantitative estimate of drug-likeness (QED) is 0.799. The van der Waals surface area contributed by atoms with E-state index < -0.39 is 17.6 Å². The van der Waals surface area contributed by atoms with Crippen LogP contribution in [-0.4, -0.2) is 24.0 Å². The number of anilines is 1.